The molecule has 0 N–H and O–H groups in total. The summed E-state index contributed by atoms with van der Waals surface area (Å²) in [5.41, 5.74) is 0.757. The SMILES string of the molecule is C#Cc1ccc(N2CC3CCC(C2)N3CC(F)F)nc1. The maximum Gasteiger partial charge on any atom is 0.251 e. The monoisotopic (exact) mass is 277 g/mol. The quantitative estimate of drug-likeness (QED) is 0.788. The lowest BCUT2D eigenvalue weighted by Crippen LogP contribution is -2.55. The fourth-order valence-corrected chi connectivity index (χ4v) is 3.29. The van der Waals surface area contributed by atoms with Crippen LogP contribution in [-0.2, 0) is 0 Å². The van der Waals surface area contributed by atoms with Crippen molar-refractivity contribution in [2.45, 2.75) is 31.4 Å². The van der Waals surface area contributed by atoms with E-state index in [2.05, 4.69) is 15.8 Å². The van der Waals surface area contributed by atoms with E-state index in [0.717, 1.165) is 37.3 Å². The molecule has 2 fully saturated rings. The van der Waals surface area contributed by atoms with Gasteiger partial charge in [0.25, 0.3) is 6.43 Å². The van der Waals surface area contributed by atoms with E-state index in [1.807, 2.05) is 17.0 Å². The van der Waals surface area contributed by atoms with E-state index in [4.69, 9.17) is 6.42 Å². The van der Waals surface area contributed by atoms with Crippen molar-refractivity contribution in [1.82, 2.24) is 9.88 Å². The van der Waals surface area contributed by atoms with Gasteiger partial charge < -0.3 is 4.90 Å². The Labute approximate surface area is 117 Å². The first-order chi connectivity index (χ1) is 9.67. The Morgan fingerprint density at radius 1 is 1.30 bits per heavy atom. The predicted octanol–water partition coefficient (Wildman–Crippen LogP) is 1.98. The number of nitrogens with zero attached hydrogens (tertiary/aromatic N) is 3. The van der Waals surface area contributed by atoms with Crippen LogP contribution in [0.25, 0.3) is 0 Å². The average molecular weight is 277 g/mol. The summed E-state index contributed by atoms with van der Waals surface area (Å²) in [6.45, 7) is 1.43. The van der Waals surface area contributed by atoms with Gasteiger partial charge in [-0.25, -0.2) is 13.8 Å². The van der Waals surface area contributed by atoms with E-state index in [1.54, 1.807) is 6.20 Å². The molecule has 106 valence electrons. The Balaban J connectivity index is 1.71. The molecule has 2 aliphatic rings. The lowest BCUT2D eigenvalue weighted by Gasteiger charge is -2.41. The molecule has 0 saturated carbocycles. The number of hydrogen-bond donors (Lipinski definition) is 0. The van der Waals surface area contributed by atoms with Crippen LogP contribution in [0.2, 0.25) is 0 Å². The van der Waals surface area contributed by atoms with Gasteiger partial charge in [-0.2, -0.15) is 0 Å². The molecule has 5 heteroatoms. The summed E-state index contributed by atoms with van der Waals surface area (Å²) < 4.78 is 25.2. The second-order valence-electron chi connectivity index (χ2n) is 5.43. The van der Waals surface area contributed by atoms with Gasteiger partial charge in [0, 0.05) is 36.9 Å². The molecule has 0 amide bonds. The first kappa shape index (κ1) is 13.3. The number of terminal acetylenes is 1. The molecule has 3 nitrogen and oxygen atoms in total. The molecule has 2 unspecified atom stereocenters. The summed E-state index contributed by atoms with van der Waals surface area (Å²) in [7, 11) is 0. The molecular weight excluding hydrogens is 260 g/mol. The highest BCUT2D eigenvalue weighted by molar-refractivity contribution is 5.44. The van der Waals surface area contributed by atoms with Gasteiger partial charge in [0.1, 0.15) is 5.82 Å². The molecule has 1 aromatic rings. The van der Waals surface area contributed by atoms with Crippen molar-refractivity contribution in [1.29, 1.82) is 0 Å². The van der Waals surface area contributed by atoms with Crippen LogP contribution in [0.15, 0.2) is 18.3 Å². The van der Waals surface area contributed by atoms with Gasteiger partial charge in [0.2, 0.25) is 0 Å². The van der Waals surface area contributed by atoms with Crippen LogP contribution >= 0.6 is 0 Å². The van der Waals surface area contributed by atoms with Crippen molar-refractivity contribution in [2.75, 3.05) is 24.5 Å². The maximum atomic E-state index is 12.6. The zero-order chi connectivity index (χ0) is 14.1. The number of piperazine rings is 1. The Bertz CT molecular complexity index is 495. The van der Waals surface area contributed by atoms with E-state index in [0.29, 0.717) is 0 Å². The van der Waals surface area contributed by atoms with Gasteiger partial charge in [0.15, 0.2) is 0 Å². The highest BCUT2D eigenvalue weighted by Gasteiger charge is 2.41. The minimum absolute atomic E-state index is 0.105. The minimum Gasteiger partial charge on any atom is -0.353 e. The topological polar surface area (TPSA) is 19.4 Å². The van der Waals surface area contributed by atoms with Crippen LogP contribution in [0.4, 0.5) is 14.6 Å². The van der Waals surface area contributed by atoms with Crippen LogP contribution in [-0.4, -0.2) is 48.0 Å². The van der Waals surface area contributed by atoms with Crippen LogP contribution in [0.5, 0.6) is 0 Å². The van der Waals surface area contributed by atoms with Crippen molar-refractivity contribution in [3.63, 3.8) is 0 Å². The van der Waals surface area contributed by atoms with Gasteiger partial charge in [-0.15, -0.1) is 6.42 Å². The first-order valence-corrected chi connectivity index (χ1v) is 6.89. The highest BCUT2D eigenvalue weighted by Crippen LogP contribution is 2.32. The van der Waals surface area contributed by atoms with E-state index >= 15 is 0 Å². The average Bonchev–Trinajstić information content (AvgIpc) is 2.69. The molecule has 0 aliphatic carbocycles. The lowest BCUT2D eigenvalue weighted by molar-refractivity contribution is 0.0557. The van der Waals surface area contributed by atoms with Gasteiger partial charge in [-0.1, -0.05) is 5.92 Å². The van der Waals surface area contributed by atoms with Crippen molar-refractivity contribution >= 4 is 5.82 Å². The van der Waals surface area contributed by atoms with Crippen molar-refractivity contribution in [3.05, 3.63) is 23.9 Å². The van der Waals surface area contributed by atoms with E-state index < -0.39 is 6.43 Å². The van der Waals surface area contributed by atoms with Crippen LogP contribution in [0.1, 0.15) is 18.4 Å². The number of fused-ring (bicyclic) bond motifs is 2. The third-order valence-corrected chi connectivity index (χ3v) is 4.22. The zero-order valence-electron chi connectivity index (χ0n) is 11.2. The molecule has 2 saturated heterocycles. The van der Waals surface area contributed by atoms with Gasteiger partial charge in [-0.3, -0.25) is 4.90 Å². The molecule has 0 aromatic carbocycles. The first-order valence-electron chi connectivity index (χ1n) is 6.89. The second-order valence-corrected chi connectivity index (χ2v) is 5.43. The number of aromatic nitrogens is 1. The molecule has 3 rings (SSSR count). The van der Waals surface area contributed by atoms with Crippen molar-refractivity contribution < 1.29 is 8.78 Å². The van der Waals surface area contributed by atoms with Crippen LogP contribution in [0.3, 0.4) is 0 Å². The normalized spacial score (nSPS) is 26.0. The molecular formula is C15H17F2N3. The predicted molar refractivity (Wildman–Crippen MR) is 73.9 cm³/mol. The van der Waals surface area contributed by atoms with Crippen molar-refractivity contribution in [3.8, 4) is 12.3 Å². The van der Waals surface area contributed by atoms with E-state index in [9.17, 15) is 8.78 Å². The van der Waals surface area contributed by atoms with Gasteiger partial charge in [0.05, 0.1) is 6.54 Å². The second kappa shape index (κ2) is 5.37. The molecule has 2 atom stereocenters. The summed E-state index contributed by atoms with van der Waals surface area (Å²) >= 11 is 0. The number of hydrogen-bond acceptors (Lipinski definition) is 3. The summed E-state index contributed by atoms with van der Waals surface area (Å²) in [5, 5.41) is 0. The smallest absolute Gasteiger partial charge is 0.251 e. The molecule has 2 aliphatic heterocycles. The van der Waals surface area contributed by atoms with Gasteiger partial charge >= 0.3 is 0 Å². The summed E-state index contributed by atoms with van der Waals surface area (Å²) in [6, 6.07) is 4.22. The lowest BCUT2D eigenvalue weighted by atomic mass is 10.2. The number of rotatable bonds is 3. The third-order valence-electron chi connectivity index (χ3n) is 4.22. The Morgan fingerprint density at radius 2 is 2.00 bits per heavy atom. The Morgan fingerprint density at radius 3 is 2.50 bits per heavy atom. The fraction of sp³-hybridized carbons (Fsp3) is 0.533. The number of pyridine rings is 1. The zero-order valence-corrected chi connectivity index (χ0v) is 11.2. The molecule has 2 bridgehead atoms. The third kappa shape index (κ3) is 2.48. The maximum absolute atomic E-state index is 12.6. The molecule has 1 aromatic heterocycles. The van der Waals surface area contributed by atoms with E-state index in [1.165, 1.54) is 0 Å². The summed E-state index contributed by atoms with van der Waals surface area (Å²) in [4.78, 5) is 8.53. The number of anilines is 1. The summed E-state index contributed by atoms with van der Waals surface area (Å²) in [6.07, 6.45) is 6.74. The largest absolute Gasteiger partial charge is 0.353 e. The van der Waals surface area contributed by atoms with Crippen LogP contribution in [0, 0.1) is 12.3 Å². The standard InChI is InChI=1S/C15H17F2N3/c1-2-11-3-6-15(18-7-11)19-8-12-4-5-13(9-19)20(12)10-14(16)17/h1,3,6-7,12-14H,4-5,8-10H2. The van der Waals surface area contributed by atoms with Crippen LogP contribution < -0.4 is 4.90 Å². The number of halogens is 2. The molecule has 0 spiro atoms. The van der Waals surface area contributed by atoms with Gasteiger partial charge in [-0.05, 0) is 25.0 Å². The highest BCUT2D eigenvalue weighted by atomic mass is 19.3. The molecule has 20 heavy (non-hydrogen) atoms. The van der Waals surface area contributed by atoms with Crippen molar-refractivity contribution in [2.24, 2.45) is 0 Å². The number of alkyl halides is 2. The summed E-state index contributed by atoms with van der Waals surface area (Å²) in [5.74, 6) is 3.43. The fourth-order valence-electron chi connectivity index (χ4n) is 3.29. The van der Waals surface area contributed by atoms with E-state index in [-0.39, 0.29) is 18.6 Å². The minimum atomic E-state index is -2.25. The Hall–Kier alpha value is -1.67. The molecule has 3 heterocycles. The molecule has 0 radical (unpaired) electrons. The Kier molecular flexibility index (Phi) is 3.58.